The molecule has 1 aromatic carbocycles. The molecule has 0 atom stereocenters. The molecule has 0 spiro atoms. The Morgan fingerprint density at radius 2 is 1.53 bits per heavy atom. The number of halogens is 5. The third-order valence-electron chi connectivity index (χ3n) is 1.94. The highest BCUT2D eigenvalue weighted by Gasteiger charge is 2.14. The van der Waals surface area contributed by atoms with Gasteiger partial charge in [-0.05, 0) is 18.2 Å². The second-order valence-electron chi connectivity index (χ2n) is 3.07. The van der Waals surface area contributed by atoms with Crippen LogP contribution in [0.15, 0.2) is 18.2 Å². The van der Waals surface area contributed by atoms with Gasteiger partial charge in [-0.15, -0.1) is 0 Å². The lowest BCUT2D eigenvalue weighted by atomic mass is 10.2. The number of hydrogen-bond acceptors (Lipinski definition) is 2. The summed E-state index contributed by atoms with van der Waals surface area (Å²) in [6.45, 7) is 0. The molecule has 0 N–H and O–H groups in total. The van der Waals surface area contributed by atoms with Crippen LogP contribution in [0, 0.1) is 5.82 Å². The molecule has 0 fully saturated rings. The van der Waals surface area contributed by atoms with E-state index < -0.39 is 5.82 Å². The van der Waals surface area contributed by atoms with Crippen LogP contribution in [0.25, 0.3) is 11.4 Å². The summed E-state index contributed by atoms with van der Waals surface area (Å²) in [5.41, 5.74) is 0.472. The van der Waals surface area contributed by atoms with Crippen LogP contribution in [-0.2, 0) is 0 Å². The first-order valence-electron chi connectivity index (χ1n) is 4.33. The first-order valence-corrected chi connectivity index (χ1v) is 5.84. The minimum Gasteiger partial charge on any atom is -0.213 e. The van der Waals surface area contributed by atoms with Gasteiger partial charge in [0.25, 0.3) is 0 Å². The third-order valence-corrected chi connectivity index (χ3v) is 2.99. The molecule has 17 heavy (non-hydrogen) atoms. The third kappa shape index (κ3) is 2.63. The molecule has 0 unspecified atom stereocenters. The van der Waals surface area contributed by atoms with E-state index in [1.165, 1.54) is 6.07 Å². The lowest BCUT2D eigenvalue weighted by Crippen LogP contribution is -1.95. The van der Waals surface area contributed by atoms with Crippen LogP contribution in [0.3, 0.4) is 0 Å². The van der Waals surface area contributed by atoms with Crippen LogP contribution in [-0.4, -0.2) is 9.97 Å². The summed E-state index contributed by atoms with van der Waals surface area (Å²) in [7, 11) is 0. The highest BCUT2D eigenvalue weighted by atomic mass is 35.5. The first-order chi connectivity index (χ1) is 7.99. The summed E-state index contributed by atoms with van der Waals surface area (Å²) in [5.74, 6) is -0.717. The van der Waals surface area contributed by atoms with E-state index in [0.717, 1.165) is 0 Å². The Labute approximate surface area is 116 Å². The number of nitrogens with zero attached hydrogens (tertiary/aromatic N) is 2. The average Bonchev–Trinajstić information content (AvgIpc) is 2.25. The van der Waals surface area contributed by atoms with Gasteiger partial charge in [0.05, 0.1) is 5.02 Å². The van der Waals surface area contributed by atoms with Crippen molar-refractivity contribution in [3.05, 3.63) is 44.4 Å². The van der Waals surface area contributed by atoms with Gasteiger partial charge in [-0.2, -0.15) is 0 Å². The Morgan fingerprint density at radius 1 is 0.941 bits per heavy atom. The van der Waals surface area contributed by atoms with Gasteiger partial charge in [0.2, 0.25) is 0 Å². The fourth-order valence-electron chi connectivity index (χ4n) is 1.19. The molecule has 1 aromatic heterocycles. The molecule has 2 nitrogen and oxygen atoms in total. The van der Waals surface area contributed by atoms with E-state index in [9.17, 15) is 4.39 Å². The maximum atomic E-state index is 13.1. The average molecular weight is 312 g/mol. The number of benzene rings is 1. The van der Waals surface area contributed by atoms with Crippen LogP contribution in [0.1, 0.15) is 0 Å². The van der Waals surface area contributed by atoms with Crippen LogP contribution < -0.4 is 0 Å². The molecular formula is C10H3Cl4FN2. The zero-order valence-electron chi connectivity index (χ0n) is 8.02. The molecule has 1 heterocycles. The lowest BCUT2D eigenvalue weighted by Gasteiger charge is -2.05. The molecule has 0 radical (unpaired) electrons. The van der Waals surface area contributed by atoms with Crippen LogP contribution >= 0.6 is 46.4 Å². The number of rotatable bonds is 1. The maximum absolute atomic E-state index is 13.1. The Hall–Kier alpha value is -0.610. The molecule has 0 saturated carbocycles. The van der Waals surface area contributed by atoms with E-state index >= 15 is 0 Å². The molecule has 0 saturated heterocycles. The van der Waals surface area contributed by atoms with E-state index in [1.54, 1.807) is 12.1 Å². The molecule has 2 aromatic rings. The van der Waals surface area contributed by atoms with Crippen molar-refractivity contribution in [1.29, 1.82) is 0 Å². The predicted octanol–water partition coefficient (Wildman–Crippen LogP) is 4.90. The van der Waals surface area contributed by atoms with Gasteiger partial charge in [-0.1, -0.05) is 46.4 Å². The zero-order chi connectivity index (χ0) is 12.6. The molecular weight excluding hydrogens is 309 g/mol. The van der Waals surface area contributed by atoms with Gasteiger partial charge < -0.3 is 0 Å². The maximum Gasteiger partial charge on any atom is 0.197 e. The van der Waals surface area contributed by atoms with Gasteiger partial charge in [0.15, 0.2) is 21.9 Å². The summed E-state index contributed by atoms with van der Waals surface area (Å²) >= 11 is 22.9. The predicted molar refractivity (Wildman–Crippen MR) is 67.5 cm³/mol. The standard InChI is InChI=1S/C10H3Cl4FN2/c11-4-1-2-5(6(12)3-4)10-16-8(13)7(15)9(14)17-10/h1-3H. The SMILES string of the molecule is Fc1c(Cl)nc(-c2ccc(Cl)cc2Cl)nc1Cl. The lowest BCUT2D eigenvalue weighted by molar-refractivity contribution is 0.615. The second-order valence-corrected chi connectivity index (χ2v) is 4.63. The quantitative estimate of drug-likeness (QED) is 0.700. The fourth-order valence-corrected chi connectivity index (χ4v) is 2.07. The fraction of sp³-hybridized carbons (Fsp3) is 0. The van der Waals surface area contributed by atoms with Gasteiger partial charge in [-0.25, -0.2) is 14.4 Å². The molecule has 0 aliphatic heterocycles. The van der Waals surface area contributed by atoms with Gasteiger partial charge in [0, 0.05) is 10.6 Å². The molecule has 0 bridgehead atoms. The van der Waals surface area contributed by atoms with Crippen molar-refractivity contribution >= 4 is 46.4 Å². The Bertz CT molecular complexity index is 566. The van der Waals surface area contributed by atoms with Gasteiger partial charge >= 0.3 is 0 Å². The van der Waals surface area contributed by atoms with E-state index in [4.69, 9.17) is 46.4 Å². The summed E-state index contributed by atoms with van der Waals surface area (Å²) in [4.78, 5) is 7.52. The molecule has 0 aliphatic rings. The first kappa shape index (κ1) is 12.8. The topological polar surface area (TPSA) is 25.8 Å². The molecule has 2 rings (SSSR count). The Kier molecular flexibility index (Phi) is 3.73. The largest absolute Gasteiger partial charge is 0.213 e. The van der Waals surface area contributed by atoms with E-state index in [1.807, 2.05) is 0 Å². The van der Waals surface area contributed by atoms with Gasteiger partial charge in [0.1, 0.15) is 0 Å². The van der Waals surface area contributed by atoms with Crippen molar-refractivity contribution < 1.29 is 4.39 Å². The van der Waals surface area contributed by atoms with Crippen molar-refractivity contribution in [3.63, 3.8) is 0 Å². The Morgan fingerprint density at radius 3 is 2.06 bits per heavy atom. The van der Waals surface area contributed by atoms with E-state index in [2.05, 4.69) is 9.97 Å². The van der Waals surface area contributed by atoms with Crippen molar-refractivity contribution in [2.45, 2.75) is 0 Å². The van der Waals surface area contributed by atoms with Gasteiger partial charge in [-0.3, -0.25) is 0 Å². The minimum atomic E-state index is -0.859. The zero-order valence-corrected chi connectivity index (χ0v) is 11.0. The minimum absolute atomic E-state index is 0.142. The van der Waals surface area contributed by atoms with E-state index in [0.29, 0.717) is 15.6 Å². The molecule has 0 amide bonds. The summed E-state index contributed by atoms with van der Waals surface area (Å²) in [6.07, 6.45) is 0. The summed E-state index contributed by atoms with van der Waals surface area (Å²) in [6, 6.07) is 4.73. The van der Waals surface area contributed by atoms with Crippen LogP contribution in [0.5, 0.6) is 0 Å². The molecule has 7 heteroatoms. The second kappa shape index (κ2) is 4.94. The van der Waals surface area contributed by atoms with Crippen molar-refractivity contribution in [2.75, 3.05) is 0 Å². The summed E-state index contributed by atoms with van der Waals surface area (Å²) in [5, 5.41) is 0.0892. The van der Waals surface area contributed by atoms with Crippen molar-refractivity contribution in [3.8, 4) is 11.4 Å². The van der Waals surface area contributed by atoms with Crippen molar-refractivity contribution in [1.82, 2.24) is 9.97 Å². The highest BCUT2D eigenvalue weighted by Crippen LogP contribution is 2.30. The normalized spacial score (nSPS) is 10.6. The highest BCUT2D eigenvalue weighted by molar-refractivity contribution is 6.36. The smallest absolute Gasteiger partial charge is 0.197 e. The number of hydrogen-bond donors (Lipinski definition) is 0. The van der Waals surface area contributed by atoms with Crippen LogP contribution in [0.2, 0.25) is 20.4 Å². The Balaban J connectivity index is 2.61. The molecule has 0 aliphatic carbocycles. The van der Waals surface area contributed by atoms with Crippen molar-refractivity contribution in [2.24, 2.45) is 0 Å². The monoisotopic (exact) mass is 310 g/mol. The molecule has 88 valence electrons. The summed E-state index contributed by atoms with van der Waals surface area (Å²) < 4.78 is 13.1. The van der Waals surface area contributed by atoms with E-state index in [-0.39, 0.29) is 16.1 Å². The van der Waals surface area contributed by atoms with Crippen LogP contribution in [0.4, 0.5) is 4.39 Å². The number of aromatic nitrogens is 2.